The zero-order chi connectivity index (χ0) is 30.0. The number of nitrogens with one attached hydrogen (secondary N) is 2. The number of esters is 1. The van der Waals surface area contributed by atoms with Crippen LogP contribution in [-0.4, -0.2) is 52.6 Å². The Labute approximate surface area is 245 Å². The van der Waals surface area contributed by atoms with Gasteiger partial charge in [-0.25, -0.2) is 4.79 Å². The van der Waals surface area contributed by atoms with Crippen LogP contribution in [0.4, 0.5) is 4.79 Å². The van der Waals surface area contributed by atoms with E-state index in [0.717, 1.165) is 24.0 Å². The quantitative estimate of drug-likeness (QED) is 0.326. The van der Waals surface area contributed by atoms with Gasteiger partial charge in [-0.05, 0) is 64.0 Å². The molecule has 1 aliphatic rings. The highest BCUT2D eigenvalue weighted by Gasteiger charge is 2.47. The largest absolute Gasteiger partial charge is 0.459 e. The van der Waals surface area contributed by atoms with E-state index in [-0.39, 0.29) is 42.5 Å². The summed E-state index contributed by atoms with van der Waals surface area (Å²) in [4.78, 5) is 40.7. The SMILES string of the molecule is CCCC(C[C@H]1[C@H](NC(=O)OCc2ccccc2)C[C@H](C(=O)OC(C)(C)C)N1Cc1ccccc1)C(C)NC(C)=O. The molecule has 0 spiro atoms. The van der Waals surface area contributed by atoms with Crippen molar-refractivity contribution in [3.05, 3.63) is 71.8 Å². The van der Waals surface area contributed by atoms with Crippen LogP contribution in [0.5, 0.6) is 0 Å². The van der Waals surface area contributed by atoms with Crippen molar-refractivity contribution in [2.45, 2.75) is 110 Å². The Kier molecular flexibility index (Phi) is 11.8. The Balaban J connectivity index is 1.91. The molecule has 1 aliphatic heterocycles. The highest BCUT2D eigenvalue weighted by Crippen LogP contribution is 2.34. The molecular weight excluding hydrogens is 518 g/mol. The number of benzene rings is 2. The molecule has 2 aromatic carbocycles. The Hall–Kier alpha value is -3.39. The molecule has 3 rings (SSSR count). The molecule has 224 valence electrons. The van der Waals surface area contributed by atoms with Gasteiger partial charge in [0, 0.05) is 31.6 Å². The molecule has 8 heteroatoms. The number of nitrogens with zero attached hydrogens (tertiary/aromatic N) is 1. The van der Waals surface area contributed by atoms with Crippen molar-refractivity contribution in [2.75, 3.05) is 0 Å². The van der Waals surface area contributed by atoms with Crippen molar-refractivity contribution in [2.24, 2.45) is 5.92 Å². The van der Waals surface area contributed by atoms with Crippen LogP contribution in [0.25, 0.3) is 0 Å². The van der Waals surface area contributed by atoms with Gasteiger partial charge in [0.05, 0.1) is 0 Å². The van der Waals surface area contributed by atoms with Gasteiger partial charge in [-0.15, -0.1) is 0 Å². The maximum Gasteiger partial charge on any atom is 0.407 e. The summed E-state index contributed by atoms with van der Waals surface area (Å²) in [5.74, 6) is -0.228. The maximum absolute atomic E-state index is 13.6. The molecule has 1 heterocycles. The minimum Gasteiger partial charge on any atom is -0.459 e. The molecule has 2 amide bonds. The fourth-order valence-electron chi connectivity index (χ4n) is 5.68. The summed E-state index contributed by atoms with van der Waals surface area (Å²) in [6.45, 7) is 12.0. The fourth-order valence-corrected chi connectivity index (χ4v) is 5.68. The van der Waals surface area contributed by atoms with Gasteiger partial charge in [-0.3, -0.25) is 14.5 Å². The first-order valence-corrected chi connectivity index (χ1v) is 14.7. The first-order valence-electron chi connectivity index (χ1n) is 14.7. The van der Waals surface area contributed by atoms with Crippen molar-refractivity contribution >= 4 is 18.0 Å². The number of hydrogen-bond donors (Lipinski definition) is 2. The minimum atomic E-state index is -0.643. The number of carbonyl (C=O) groups excluding carboxylic acids is 3. The lowest BCUT2D eigenvalue weighted by atomic mass is 9.87. The molecule has 0 aromatic heterocycles. The van der Waals surface area contributed by atoms with Crippen LogP contribution in [0.3, 0.4) is 0 Å². The molecule has 0 saturated carbocycles. The van der Waals surface area contributed by atoms with Gasteiger partial charge >= 0.3 is 12.1 Å². The summed E-state index contributed by atoms with van der Waals surface area (Å²) in [6, 6.07) is 18.4. The topological polar surface area (TPSA) is 97.0 Å². The molecular formula is C33H47N3O5. The lowest BCUT2D eigenvalue weighted by Crippen LogP contribution is -2.49. The summed E-state index contributed by atoms with van der Waals surface area (Å²) in [5, 5.41) is 6.16. The second kappa shape index (κ2) is 15.0. The maximum atomic E-state index is 13.6. The van der Waals surface area contributed by atoms with E-state index in [1.165, 1.54) is 6.92 Å². The van der Waals surface area contributed by atoms with Gasteiger partial charge < -0.3 is 20.1 Å². The van der Waals surface area contributed by atoms with Crippen molar-refractivity contribution in [1.82, 2.24) is 15.5 Å². The predicted molar refractivity (Wildman–Crippen MR) is 160 cm³/mol. The normalized spacial score (nSPS) is 20.6. The molecule has 5 atom stereocenters. The van der Waals surface area contributed by atoms with E-state index in [9.17, 15) is 14.4 Å². The number of alkyl carbamates (subject to hydrolysis) is 1. The van der Waals surface area contributed by atoms with E-state index in [0.29, 0.717) is 19.4 Å². The second-order valence-corrected chi connectivity index (χ2v) is 12.1. The molecule has 41 heavy (non-hydrogen) atoms. The Morgan fingerprint density at radius 2 is 1.61 bits per heavy atom. The standard InChI is InChI=1S/C33H47N3O5/c1-7-14-27(23(2)34-24(3)37)19-29-28(35-32(39)40-22-26-17-12-9-13-18-26)20-30(31(38)41-33(4,5)6)36(29)21-25-15-10-8-11-16-25/h8-13,15-18,23,27-30H,7,14,19-22H2,1-6H3,(H,34,37)(H,35,39)/t23?,27?,28-,29+,30-/m1/s1. The van der Waals surface area contributed by atoms with E-state index >= 15 is 0 Å². The number of rotatable bonds is 12. The van der Waals surface area contributed by atoms with Gasteiger partial charge in [-0.1, -0.05) is 74.0 Å². The summed E-state index contributed by atoms with van der Waals surface area (Å²) in [6.07, 6.45) is 2.42. The summed E-state index contributed by atoms with van der Waals surface area (Å²) < 4.78 is 11.4. The first kappa shape index (κ1) is 32.1. The molecule has 0 radical (unpaired) electrons. The predicted octanol–water partition coefficient (Wildman–Crippen LogP) is 5.60. The van der Waals surface area contributed by atoms with Gasteiger partial charge in [0.2, 0.25) is 5.91 Å². The van der Waals surface area contributed by atoms with Crippen LogP contribution in [0.15, 0.2) is 60.7 Å². The van der Waals surface area contributed by atoms with Crippen molar-refractivity contribution in [3.8, 4) is 0 Å². The Bertz CT molecular complexity index is 1120. The van der Waals surface area contributed by atoms with Crippen LogP contribution >= 0.6 is 0 Å². The van der Waals surface area contributed by atoms with Crippen LogP contribution in [0, 0.1) is 5.92 Å². The molecule has 2 aromatic rings. The van der Waals surface area contributed by atoms with Crippen molar-refractivity contribution in [3.63, 3.8) is 0 Å². The van der Waals surface area contributed by atoms with Crippen LogP contribution in [0.1, 0.15) is 78.4 Å². The highest BCUT2D eigenvalue weighted by atomic mass is 16.6. The molecule has 2 unspecified atom stereocenters. The third-order valence-corrected chi connectivity index (χ3v) is 7.51. The zero-order valence-corrected chi connectivity index (χ0v) is 25.4. The second-order valence-electron chi connectivity index (χ2n) is 12.1. The lowest BCUT2D eigenvalue weighted by molar-refractivity contribution is -0.161. The monoisotopic (exact) mass is 565 g/mol. The summed E-state index contributed by atoms with van der Waals surface area (Å²) >= 11 is 0. The summed E-state index contributed by atoms with van der Waals surface area (Å²) in [7, 11) is 0. The van der Waals surface area contributed by atoms with E-state index in [1.54, 1.807) is 0 Å². The van der Waals surface area contributed by atoms with Crippen LogP contribution in [-0.2, 0) is 32.2 Å². The molecule has 1 saturated heterocycles. The average Bonchev–Trinajstić information content (AvgIpc) is 3.23. The minimum absolute atomic E-state index is 0.0581. The Morgan fingerprint density at radius 3 is 2.17 bits per heavy atom. The third kappa shape index (κ3) is 10.2. The average molecular weight is 566 g/mol. The van der Waals surface area contributed by atoms with Crippen molar-refractivity contribution < 1.29 is 23.9 Å². The van der Waals surface area contributed by atoms with Gasteiger partial charge in [0.15, 0.2) is 0 Å². The third-order valence-electron chi connectivity index (χ3n) is 7.51. The number of hydrogen-bond acceptors (Lipinski definition) is 6. The number of likely N-dealkylation sites (tertiary alicyclic amines) is 1. The van der Waals surface area contributed by atoms with Gasteiger partial charge in [-0.2, -0.15) is 0 Å². The number of amides is 2. The van der Waals surface area contributed by atoms with Crippen molar-refractivity contribution in [1.29, 1.82) is 0 Å². The molecule has 1 fully saturated rings. The molecule has 8 nitrogen and oxygen atoms in total. The lowest BCUT2D eigenvalue weighted by Gasteiger charge is -2.36. The fraction of sp³-hybridized carbons (Fsp3) is 0.545. The van der Waals surface area contributed by atoms with E-state index in [2.05, 4.69) is 22.5 Å². The highest BCUT2D eigenvalue weighted by molar-refractivity contribution is 5.77. The van der Waals surface area contributed by atoms with Gasteiger partial charge in [0.25, 0.3) is 0 Å². The molecule has 0 aliphatic carbocycles. The summed E-state index contributed by atoms with van der Waals surface area (Å²) in [5.41, 5.74) is 1.32. The van der Waals surface area contributed by atoms with Crippen LogP contribution in [0.2, 0.25) is 0 Å². The molecule has 2 N–H and O–H groups in total. The van der Waals surface area contributed by atoms with E-state index < -0.39 is 17.7 Å². The number of carbonyl (C=O) groups is 3. The smallest absolute Gasteiger partial charge is 0.407 e. The van der Waals surface area contributed by atoms with Crippen LogP contribution < -0.4 is 10.6 Å². The Morgan fingerprint density at radius 1 is 1.00 bits per heavy atom. The number of ether oxygens (including phenoxy) is 2. The van der Waals surface area contributed by atoms with Gasteiger partial charge in [0.1, 0.15) is 18.2 Å². The molecule has 0 bridgehead atoms. The zero-order valence-electron chi connectivity index (χ0n) is 25.4. The van der Waals surface area contributed by atoms with E-state index in [1.807, 2.05) is 88.4 Å². The first-order chi connectivity index (χ1) is 19.5. The van der Waals surface area contributed by atoms with E-state index in [4.69, 9.17) is 9.47 Å².